The van der Waals surface area contributed by atoms with Crippen LogP contribution in [0.4, 0.5) is 13.2 Å². The summed E-state index contributed by atoms with van der Waals surface area (Å²) in [4.78, 5) is 19.3. The fourth-order valence-corrected chi connectivity index (χ4v) is 1.78. The van der Waals surface area contributed by atoms with Gasteiger partial charge < -0.3 is 4.57 Å². The molecule has 2 aromatic heterocycles. The predicted octanol–water partition coefficient (Wildman–Crippen LogP) is 1.66. The molecule has 0 atom stereocenters. The van der Waals surface area contributed by atoms with Crippen LogP contribution in [0.1, 0.15) is 11.3 Å². The fourth-order valence-electron chi connectivity index (χ4n) is 1.78. The van der Waals surface area contributed by atoms with Gasteiger partial charge in [-0.3, -0.25) is 4.79 Å². The quantitative estimate of drug-likeness (QED) is 0.707. The van der Waals surface area contributed by atoms with Gasteiger partial charge in [0, 0.05) is 25.0 Å². The Labute approximate surface area is 93.7 Å². The van der Waals surface area contributed by atoms with Crippen LogP contribution in [0, 0.1) is 6.92 Å². The Morgan fingerprint density at radius 1 is 1.24 bits per heavy atom. The lowest BCUT2D eigenvalue weighted by molar-refractivity contribution is -0.143. The molecule has 0 saturated heterocycles. The number of halogens is 3. The number of hydrogen-bond acceptors (Lipinski definition) is 3. The van der Waals surface area contributed by atoms with Gasteiger partial charge in [0.05, 0.1) is 0 Å². The molecule has 2 rings (SSSR count). The van der Waals surface area contributed by atoms with Crippen LogP contribution in [0.25, 0.3) is 11.2 Å². The van der Waals surface area contributed by atoms with Crippen molar-refractivity contribution in [3.63, 3.8) is 0 Å². The Morgan fingerprint density at radius 3 is 2.41 bits per heavy atom. The summed E-state index contributed by atoms with van der Waals surface area (Å²) in [6, 6.07) is 0. The van der Waals surface area contributed by atoms with Crippen molar-refractivity contribution in [2.45, 2.75) is 13.1 Å². The average molecular weight is 243 g/mol. The third-order valence-corrected chi connectivity index (χ3v) is 2.51. The van der Waals surface area contributed by atoms with Gasteiger partial charge >= 0.3 is 6.18 Å². The molecule has 2 aromatic rings. The second-order valence-corrected chi connectivity index (χ2v) is 3.59. The zero-order chi connectivity index (χ0) is 12.8. The minimum absolute atomic E-state index is 0.0551. The maximum Gasteiger partial charge on any atom is 0.431 e. The minimum Gasteiger partial charge on any atom is -0.323 e. The topological polar surface area (TPSA) is 47.8 Å². The maximum absolute atomic E-state index is 12.8. The summed E-state index contributed by atoms with van der Waals surface area (Å²) >= 11 is 0. The number of alkyl halides is 3. The molecule has 0 aliphatic rings. The molecule has 0 aliphatic carbocycles. The highest BCUT2D eigenvalue weighted by Crippen LogP contribution is 2.31. The number of hydrogen-bond donors (Lipinski definition) is 0. The minimum atomic E-state index is -4.59. The molecular formula is C10H8F3N3O. The Balaban J connectivity index is 3.03. The summed E-state index contributed by atoms with van der Waals surface area (Å²) in [5.41, 5.74) is -2.22. The van der Waals surface area contributed by atoms with E-state index in [2.05, 4.69) is 9.97 Å². The second kappa shape index (κ2) is 3.54. The third kappa shape index (κ3) is 1.67. The van der Waals surface area contributed by atoms with Crippen molar-refractivity contribution in [1.29, 1.82) is 0 Å². The van der Waals surface area contributed by atoms with Crippen LogP contribution in [0.2, 0.25) is 0 Å². The highest BCUT2D eigenvalue weighted by atomic mass is 19.4. The molecule has 90 valence electrons. The first-order chi connectivity index (χ1) is 7.84. The zero-order valence-corrected chi connectivity index (χ0v) is 9.04. The van der Waals surface area contributed by atoms with Crippen molar-refractivity contribution < 1.29 is 13.2 Å². The van der Waals surface area contributed by atoms with Crippen molar-refractivity contribution >= 4 is 11.2 Å². The molecule has 0 saturated carbocycles. The van der Waals surface area contributed by atoms with Gasteiger partial charge in [0.2, 0.25) is 5.43 Å². The van der Waals surface area contributed by atoms with E-state index < -0.39 is 17.3 Å². The fraction of sp³-hybridized carbons (Fsp3) is 0.300. The molecule has 0 radical (unpaired) electrons. The van der Waals surface area contributed by atoms with Crippen molar-refractivity contribution in [1.82, 2.24) is 14.5 Å². The predicted molar refractivity (Wildman–Crippen MR) is 54.5 cm³/mol. The maximum atomic E-state index is 12.8. The molecule has 0 fully saturated rings. The summed E-state index contributed by atoms with van der Waals surface area (Å²) in [5.74, 6) is 0. The van der Waals surface area contributed by atoms with Crippen molar-refractivity contribution in [3.8, 4) is 0 Å². The number of fused-ring (bicyclic) bond motifs is 1. The summed E-state index contributed by atoms with van der Waals surface area (Å²) < 4.78 is 39.3. The zero-order valence-electron chi connectivity index (χ0n) is 9.04. The van der Waals surface area contributed by atoms with E-state index in [1.54, 1.807) is 0 Å². The number of rotatable bonds is 0. The summed E-state index contributed by atoms with van der Waals surface area (Å²) in [6.45, 7) is 1.14. The summed E-state index contributed by atoms with van der Waals surface area (Å²) in [6.07, 6.45) is -2.07. The van der Waals surface area contributed by atoms with E-state index in [1.807, 2.05) is 0 Å². The van der Waals surface area contributed by atoms with E-state index in [9.17, 15) is 18.0 Å². The highest BCUT2D eigenvalue weighted by Gasteiger charge is 2.37. The number of nitrogens with zero attached hydrogens (tertiary/aromatic N) is 3. The first-order valence-corrected chi connectivity index (χ1v) is 4.71. The van der Waals surface area contributed by atoms with Crippen molar-refractivity contribution in [3.05, 3.63) is 33.9 Å². The standard InChI is InChI=1S/C10H8F3N3O/c1-5-7(17)6-9(15-4-3-14-6)16(2)8(5)10(11,12)13/h3-4H,1-2H3. The highest BCUT2D eigenvalue weighted by molar-refractivity contribution is 5.71. The largest absolute Gasteiger partial charge is 0.431 e. The van der Waals surface area contributed by atoms with Gasteiger partial charge in [0.1, 0.15) is 5.69 Å². The Kier molecular flexibility index (Phi) is 2.41. The number of aromatic nitrogens is 3. The van der Waals surface area contributed by atoms with E-state index in [0.717, 1.165) is 11.5 Å². The van der Waals surface area contributed by atoms with Gasteiger partial charge in [-0.2, -0.15) is 13.2 Å². The lowest BCUT2D eigenvalue weighted by Gasteiger charge is -2.16. The molecule has 0 N–H and O–H groups in total. The lowest BCUT2D eigenvalue weighted by atomic mass is 10.1. The Bertz CT molecular complexity index is 646. The third-order valence-electron chi connectivity index (χ3n) is 2.51. The van der Waals surface area contributed by atoms with Gasteiger partial charge in [-0.05, 0) is 6.92 Å². The van der Waals surface area contributed by atoms with Crippen LogP contribution in [0.5, 0.6) is 0 Å². The van der Waals surface area contributed by atoms with Crippen molar-refractivity contribution in [2.24, 2.45) is 7.05 Å². The lowest BCUT2D eigenvalue weighted by Crippen LogP contribution is -2.24. The first kappa shape index (κ1) is 11.6. The molecule has 0 unspecified atom stereocenters. The molecule has 4 nitrogen and oxygen atoms in total. The SMILES string of the molecule is Cc1c(C(F)(F)F)n(C)c2nccnc2c1=O. The molecule has 0 aliphatic heterocycles. The van der Waals surface area contributed by atoms with Crippen LogP contribution in [0.3, 0.4) is 0 Å². The summed E-state index contributed by atoms with van der Waals surface area (Å²) in [5, 5.41) is 0. The van der Waals surface area contributed by atoms with Gasteiger partial charge in [-0.25, -0.2) is 9.97 Å². The van der Waals surface area contributed by atoms with Gasteiger partial charge in [0.25, 0.3) is 0 Å². The van der Waals surface area contributed by atoms with Crippen molar-refractivity contribution in [2.75, 3.05) is 0 Å². The monoisotopic (exact) mass is 243 g/mol. The van der Waals surface area contributed by atoms with E-state index in [0.29, 0.717) is 0 Å². The number of aryl methyl sites for hydroxylation is 1. The van der Waals surface area contributed by atoms with Crippen LogP contribution in [-0.4, -0.2) is 14.5 Å². The normalized spacial score (nSPS) is 12.1. The second-order valence-electron chi connectivity index (χ2n) is 3.59. The van der Waals surface area contributed by atoms with Crippen LogP contribution >= 0.6 is 0 Å². The van der Waals surface area contributed by atoms with E-state index in [1.165, 1.54) is 19.4 Å². The number of pyridine rings is 1. The van der Waals surface area contributed by atoms with Gasteiger partial charge in [0.15, 0.2) is 11.2 Å². The smallest absolute Gasteiger partial charge is 0.323 e. The molecule has 0 bridgehead atoms. The average Bonchev–Trinajstić information content (AvgIpc) is 2.24. The molecule has 0 amide bonds. The molecule has 0 spiro atoms. The Hall–Kier alpha value is -1.92. The van der Waals surface area contributed by atoms with Crippen LogP contribution in [-0.2, 0) is 13.2 Å². The molecule has 0 aromatic carbocycles. The van der Waals surface area contributed by atoms with Gasteiger partial charge in [-0.1, -0.05) is 0 Å². The van der Waals surface area contributed by atoms with E-state index >= 15 is 0 Å². The Morgan fingerprint density at radius 2 is 1.82 bits per heavy atom. The summed E-state index contributed by atoms with van der Waals surface area (Å²) in [7, 11) is 1.21. The van der Waals surface area contributed by atoms with Gasteiger partial charge in [-0.15, -0.1) is 0 Å². The van der Waals surface area contributed by atoms with E-state index in [-0.39, 0.29) is 16.7 Å². The molecular weight excluding hydrogens is 235 g/mol. The van der Waals surface area contributed by atoms with Crippen LogP contribution < -0.4 is 5.43 Å². The molecule has 2 heterocycles. The molecule has 17 heavy (non-hydrogen) atoms. The van der Waals surface area contributed by atoms with E-state index in [4.69, 9.17) is 0 Å². The molecule has 7 heteroatoms. The first-order valence-electron chi connectivity index (χ1n) is 4.71. The van der Waals surface area contributed by atoms with Crippen LogP contribution in [0.15, 0.2) is 17.2 Å².